The third-order valence-electron chi connectivity index (χ3n) is 6.01. The summed E-state index contributed by atoms with van der Waals surface area (Å²) in [7, 11) is 0. The highest BCUT2D eigenvalue weighted by molar-refractivity contribution is 6.06. The summed E-state index contributed by atoms with van der Waals surface area (Å²) in [5.41, 5.74) is 3.65. The van der Waals surface area contributed by atoms with Crippen molar-refractivity contribution in [1.82, 2.24) is 10.2 Å². The van der Waals surface area contributed by atoms with E-state index in [1.54, 1.807) is 6.07 Å². The zero-order valence-corrected chi connectivity index (χ0v) is 17.6. The topological polar surface area (TPSA) is 64.7 Å². The molecule has 2 aromatic carbocycles. The largest absolute Gasteiger partial charge is 0.358 e. The van der Waals surface area contributed by atoms with Gasteiger partial charge in [0, 0.05) is 31.7 Å². The second kappa shape index (κ2) is 9.30. The molecule has 4 rings (SSSR count). The van der Waals surface area contributed by atoms with Gasteiger partial charge in [0.05, 0.1) is 11.4 Å². The summed E-state index contributed by atoms with van der Waals surface area (Å²) in [5.74, 6) is -0.0580. The van der Waals surface area contributed by atoms with Crippen molar-refractivity contribution in [3.8, 4) is 0 Å². The number of benzene rings is 2. The molecule has 0 unspecified atom stereocenters. The van der Waals surface area contributed by atoms with E-state index in [0.29, 0.717) is 12.1 Å². The van der Waals surface area contributed by atoms with Gasteiger partial charge in [-0.2, -0.15) is 0 Å². The Morgan fingerprint density at radius 3 is 2.87 bits per heavy atom. The maximum absolute atomic E-state index is 12.6. The molecular formula is C24H30N4O2. The van der Waals surface area contributed by atoms with Gasteiger partial charge in [0.1, 0.15) is 6.04 Å². The van der Waals surface area contributed by atoms with Crippen molar-refractivity contribution in [1.29, 1.82) is 0 Å². The number of carbonyl (C=O) groups excluding carboxylic acids is 2. The lowest BCUT2D eigenvalue weighted by molar-refractivity contribution is -0.117. The zero-order valence-electron chi connectivity index (χ0n) is 17.6. The summed E-state index contributed by atoms with van der Waals surface area (Å²) < 4.78 is 0. The molecule has 2 aromatic rings. The van der Waals surface area contributed by atoms with Crippen molar-refractivity contribution in [2.75, 3.05) is 36.4 Å². The molecule has 0 radical (unpaired) electrons. The van der Waals surface area contributed by atoms with Gasteiger partial charge in [-0.1, -0.05) is 37.3 Å². The molecular weight excluding hydrogens is 376 g/mol. The molecule has 1 saturated heterocycles. The minimum Gasteiger partial charge on any atom is -0.358 e. The quantitative estimate of drug-likeness (QED) is 0.661. The third-order valence-corrected chi connectivity index (χ3v) is 6.01. The Labute approximate surface area is 178 Å². The molecule has 158 valence electrons. The number of fused-ring (bicyclic) bond motifs is 3. The second-order valence-corrected chi connectivity index (χ2v) is 8.04. The smallest absolute Gasteiger partial charge is 0.251 e. The Bertz CT molecular complexity index is 899. The van der Waals surface area contributed by atoms with Crippen LogP contribution in [0.5, 0.6) is 0 Å². The van der Waals surface area contributed by atoms with Crippen LogP contribution in [-0.4, -0.2) is 48.9 Å². The maximum Gasteiger partial charge on any atom is 0.251 e. The van der Waals surface area contributed by atoms with Crippen LogP contribution in [0.3, 0.4) is 0 Å². The van der Waals surface area contributed by atoms with Gasteiger partial charge in [-0.25, -0.2) is 0 Å². The van der Waals surface area contributed by atoms with E-state index < -0.39 is 0 Å². The fourth-order valence-corrected chi connectivity index (χ4v) is 4.37. The SMILES string of the molecule is CCN(CCCNC(=O)c1ccc2c(c1)NC(=O)[C@H]1CCCN21)Cc1ccccc1. The Morgan fingerprint density at radius 2 is 2.07 bits per heavy atom. The molecule has 2 amide bonds. The predicted octanol–water partition coefficient (Wildman–Crippen LogP) is 3.25. The molecule has 2 aliphatic rings. The molecule has 0 saturated carbocycles. The maximum atomic E-state index is 12.6. The number of nitrogens with one attached hydrogen (secondary N) is 2. The average molecular weight is 407 g/mol. The van der Waals surface area contributed by atoms with Gasteiger partial charge in [0.25, 0.3) is 5.91 Å². The van der Waals surface area contributed by atoms with Crippen molar-refractivity contribution < 1.29 is 9.59 Å². The number of anilines is 2. The summed E-state index contributed by atoms with van der Waals surface area (Å²) in [5, 5.41) is 5.99. The highest BCUT2D eigenvalue weighted by atomic mass is 16.2. The lowest BCUT2D eigenvalue weighted by atomic mass is 10.1. The van der Waals surface area contributed by atoms with Gasteiger partial charge in [-0.3, -0.25) is 14.5 Å². The Balaban J connectivity index is 1.28. The van der Waals surface area contributed by atoms with Crippen molar-refractivity contribution in [3.05, 3.63) is 59.7 Å². The lowest BCUT2D eigenvalue weighted by Crippen LogP contribution is -2.44. The van der Waals surface area contributed by atoms with Gasteiger partial charge in [-0.05, 0) is 49.6 Å². The molecule has 0 spiro atoms. The minimum atomic E-state index is -0.0956. The first-order valence-corrected chi connectivity index (χ1v) is 10.9. The van der Waals surface area contributed by atoms with E-state index >= 15 is 0 Å². The van der Waals surface area contributed by atoms with Crippen LogP contribution in [-0.2, 0) is 11.3 Å². The number of hydrogen-bond donors (Lipinski definition) is 2. The number of rotatable bonds is 8. The second-order valence-electron chi connectivity index (χ2n) is 8.04. The van der Waals surface area contributed by atoms with Gasteiger partial charge < -0.3 is 15.5 Å². The number of amides is 2. The highest BCUT2D eigenvalue weighted by Gasteiger charge is 2.36. The van der Waals surface area contributed by atoms with E-state index in [9.17, 15) is 9.59 Å². The van der Waals surface area contributed by atoms with Crippen molar-refractivity contribution in [2.24, 2.45) is 0 Å². The summed E-state index contributed by atoms with van der Waals surface area (Å²) in [6.07, 6.45) is 2.81. The van der Waals surface area contributed by atoms with Crippen LogP contribution in [0.4, 0.5) is 11.4 Å². The average Bonchev–Trinajstić information content (AvgIpc) is 3.27. The molecule has 2 aliphatic heterocycles. The van der Waals surface area contributed by atoms with E-state index in [0.717, 1.165) is 56.8 Å². The van der Waals surface area contributed by atoms with Gasteiger partial charge in [0.15, 0.2) is 0 Å². The molecule has 0 aliphatic carbocycles. The van der Waals surface area contributed by atoms with E-state index in [1.165, 1.54) is 5.56 Å². The lowest BCUT2D eigenvalue weighted by Gasteiger charge is -2.33. The number of nitrogens with zero attached hydrogens (tertiary/aromatic N) is 2. The molecule has 30 heavy (non-hydrogen) atoms. The molecule has 1 fully saturated rings. The Kier molecular flexibility index (Phi) is 6.33. The molecule has 2 N–H and O–H groups in total. The van der Waals surface area contributed by atoms with Crippen LogP contribution in [0.2, 0.25) is 0 Å². The van der Waals surface area contributed by atoms with Crippen molar-refractivity contribution in [2.45, 2.75) is 38.8 Å². The van der Waals surface area contributed by atoms with Crippen molar-refractivity contribution >= 4 is 23.2 Å². The molecule has 6 heteroatoms. The van der Waals surface area contributed by atoms with Crippen LogP contribution < -0.4 is 15.5 Å². The first-order chi connectivity index (χ1) is 14.7. The van der Waals surface area contributed by atoms with E-state index in [2.05, 4.69) is 51.6 Å². The van der Waals surface area contributed by atoms with Crippen LogP contribution in [0.25, 0.3) is 0 Å². The minimum absolute atomic E-state index is 0.0376. The molecule has 6 nitrogen and oxygen atoms in total. The fraction of sp³-hybridized carbons (Fsp3) is 0.417. The van der Waals surface area contributed by atoms with Gasteiger partial charge >= 0.3 is 0 Å². The van der Waals surface area contributed by atoms with Crippen LogP contribution >= 0.6 is 0 Å². The fourth-order valence-electron chi connectivity index (χ4n) is 4.37. The van der Waals surface area contributed by atoms with Gasteiger partial charge in [-0.15, -0.1) is 0 Å². The summed E-state index contributed by atoms with van der Waals surface area (Å²) in [4.78, 5) is 29.4. The number of hydrogen-bond acceptors (Lipinski definition) is 4. The third kappa shape index (κ3) is 4.49. The van der Waals surface area contributed by atoms with Crippen LogP contribution in [0.15, 0.2) is 48.5 Å². The molecule has 1 atom stereocenters. The Morgan fingerprint density at radius 1 is 1.23 bits per heavy atom. The molecule has 2 heterocycles. The normalized spacial score (nSPS) is 17.5. The van der Waals surface area contributed by atoms with Crippen LogP contribution in [0.1, 0.15) is 42.1 Å². The highest BCUT2D eigenvalue weighted by Crippen LogP contribution is 2.37. The Hall–Kier alpha value is -2.86. The first-order valence-electron chi connectivity index (χ1n) is 10.9. The number of carbonyl (C=O) groups is 2. The van der Waals surface area contributed by atoms with Gasteiger partial charge in [0.2, 0.25) is 5.91 Å². The molecule has 0 aromatic heterocycles. The van der Waals surface area contributed by atoms with E-state index in [1.807, 2.05) is 18.2 Å². The standard InChI is InChI=1S/C24H30N4O2/c1-2-27(17-18-8-4-3-5-9-18)14-7-13-25-23(29)19-11-12-21-20(16-19)26-24(30)22-10-6-15-28(21)22/h3-5,8-9,11-12,16,22H,2,6-7,10,13-15,17H2,1H3,(H,25,29)(H,26,30)/t22-/m1/s1. The predicted molar refractivity (Wildman–Crippen MR) is 120 cm³/mol. The van der Waals surface area contributed by atoms with Crippen molar-refractivity contribution in [3.63, 3.8) is 0 Å². The summed E-state index contributed by atoms with van der Waals surface area (Å²) in [6.45, 7) is 6.52. The van der Waals surface area contributed by atoms with E-state index in [-0.39, 0.29) is 17.9 Å². The summed E-state index contributed by atoms with van der Waals surface area (Å²) in [6, 6.07) is 16.0. The summed E-state index contributed by atoms with van der Waals surface area (Å²) >= 11 is 0. The monoisotopic (exact) mass is 406 g/mol. The molecule has 0 bridgehead atoms. The van der Waals surface area contributed by atoms with E-state index in [4.69, 9.17) is 0 Å². The first kappa shape index (κ1) is 20.4. The zero-order chi connectivity index (χ0) is 20.9. The van der Waals surface area contributed by atoms with Crippen LogP contribution in [0, 0.1) is 0 Å².